The Labute approximate surface area is 179 Å². The summed E-state index contributed by atoms with van der Waals surface area (Å²) >= 11 is 5.33. The van der Waals surface area contributed by atoms with E-state index in [0.29, 0.717) is 41.9 Å². The van der Waals surface area contributed by atoms with Gasteiger partial charge in [-0.15, -0.1) is 0 Å². The molecule has 2 heterocycles. The zero-order chi connectivity index (χ0) is 21.3. The van der Waals surface area contributed by atoms with Gasteiger partial charge in [0, 0.05) is 31.8 Å². The molecule has 1 amide bonds. The molecule has 158 valence electrons. The second-order valence-corrected chi connectivity index (χ2v) is 6.61. The van der Waals surface area contributed by atoms with Gasteiger partial charge in [0.05, 0.1) is 13.7 Å². The van der Waals surface area contributed by atoms with Crippen LogP contribution in [0.1, 0.15) is 6.42 Å². The number of carbonyl (C=O) groups is 1. The van der Waals surface area contributed by atoms with Crippen molar-refractivity contribution in [3.63, 3.8) is 0 Å². The van der Waals surface area contributed by atoms with Crippen LogP contribution in [0.5, 0.6) is 11.6 Å². The molecular weight excluding hydrogens is 406 g/mol. The third kappa shape index (κ3) is 5.43. The van der Waals surface area contributed by atoms with Crippen molar-refractivity contribution < 1.29 is 19.0 Å². The van der Waals surface area contributed by atoms with E-state index in [1.165, 1.54) is 0 Å². The van der Waals surface area contributed by atoms with Gasteiger partial charge in [-0.3, -0.25) is 14.5 Å². The Hall–Kier alpha value is -3.24. The summed E-state index contributed by atoms with van der Waals surface area (Å²) in [5, 5.41) is 9.91. The van der Waals surface area contributed by atoms with E-state index in [9.17, 15) is 4.79 Å². The molecule has 0 radical (unpaired) electrons. The van der Waals surface area contributed by atoms with Gasteiger partial charge in [0.15, 0.2) is 10.6 Å². The largest absolute Gasteiger partial charge is 0.497 e. The fourth-order valence-corrected chi connectivity index (χ4v) is 2.96. The third-order valence-corrected chi connectivity index (χ3v) is 4.55. The molecule has 10 heteroatoms. The fraction of sp³-hybridized carbons (Fsp3) is 0.300. The quantitative estimate of drug-likeness (QED) is 0.377. The zero-order valence-electron chi connectivity index (χ0n) is 16.8. The number of aromatic nitrogens is 4. The van der Waals surface area contributed by atoms with Crippen molar-refractivity contribution in [2.75, 3.05) is 32.8 Å². The van der Waals surface area contributed by atoms with Gasteiger partial charge in [0.2, 0.25) is 11.8 Å². The molecule has 9 nitrogen and oxygen atoms in total. The lowest BCUT2D eigenvalue weighted by molar-refractivity contribution is -0.116. The number of pyridine rings is 1. The summed E-state index contributed by atoms with van der Waals surface area (Å²) in [6.07, 6.45) is 1.80. The first-order chi connectivity index (χ1) is 14.6. The Morgan fingerprint density at radius 3 is 2.73 bits per heavy atom. The van der Waals surface area contributed by atoms with Crippen molar-refractivity contribution in [1.29, 1.82) is 0 Å². The maximum Gasteiger partial charge on any atom is 0.237 e. The van der Waals surface area contributed by atoms with E-state index < -0.39 is 0 Å². The van der Waals surface area contributed by atoms with Crippen LogP contribution in [0, 0.1) is 4.77 Å². The number of hydrogen-bond donors (Lipinski definition) is 2. The van der Waals surface area contributed by atoms with E-state index in [1.54, 1.807) is 37.1 Å². The number of nitrogens with one attached hydrogen (secondary N) is 2. The minimum Gasteiger partial charge on any atom is -0.497 e. The molecule has 0 spiro atoms. The van der Waals surface area contributed by atoms with Crippen molar-refractivity contribution in [3.05, 3.63) is 47.4 Å². The van der Waals surface area contributed by atoms with Crippen LogP contribution in [0.15, 0.2) is 42.6 Å². The summed E-state index contributed by atoms with van der Waals surface area (Å²) in [6.45, 7) is 1.13. The van der Waals surface area contributed by atoms with Gasteiger partial charge in [0.1, 0.15) is 18.0 Å². The highest BCUT2D eigenvalue weighted by atomic mass is 32.1. The lowest BCUT2D eigenvalue weighted by Crippen LogP contribution is -2.16. The van der Waals surface area contributed by atoms with Crippen LogP contribution in [0.25, 0.3) is 11.4 Å². The minimum atomic E-state index is -0.191. The Morgan fingerprint density at radius 2 is 2.00 bits per heavy atom. The Kier molecular flexibility index (Phi) is 7.52. The molecule has 0 fully saturated rings. The highest BCUT2D eigenvalue weighted by molar-refractivity contribution is 7.71. The summed E-state index contributed by atoms with van der Waals surface area (Å²) in [5.41, 5.74) is 1.37. The van der Waals surface area contributed by atoms with Crippen molar-refractivity contribution in [2.24, 2.45) is 0 Å². The molecule has 0 aliphatic rings. The molecule has 3 aromatic rings. The second kappa shape index (κ2) is 10.5. The maximum atomic E-state index is 12.5. The summed E-state index contributed by atoms with van der Waals surface area (Å²) in [4.78, 5) is 16.7. The van der Waals surface area contributed by atoms with E-state index in [-0.39, 0.29) is 12.3 Å². The molecule has 0 atom stereocenters. The van der Waals surface area contributed by atoms with Crippen molar-refractivity contribution in [2.45, 2.75) is 13.0 Å². The van der Waals surface area contributed by atoms with E-state index >= 15 is 0 Å². The summed E-state index contributed by atoms with van der Waals surface area (Å²) in [5.74, 6) is 1.56. The van der Waals surface area contributed by atoms with Crippen LogP contribution in [-0.2, 0) is 16.1 Å². The minimum absolute atomic E-state index is 0.191. The number of ether oxygens (including phenoxy) is 3. The first kappa shape index (κ1) is 21.5. The van der Waals surface area contributed by atoms with Gasteiger partial charge in [-0.1, -0.05) is 0 Å². The number of aromatic amines is 1. The topological polar surface area (TPSA) is 103 Å². The van der Waals surface area contributed by atoms with Crippen LogP contribution < -0.4 is 14.8 Å². The molecule has 30 heavy (non-hydrogen) atoms. The van der Waals surface area contributed by atoms with E-state index in [4.69, 9.17) is 26.4 Å². The third-order valence-electron chi connectivity index (χ3n) is 4.24. The molecule has 0 aliphatic heterocycles. The molecular formula is C20H23N5O4S. The summed E-state index contributed by atoms with van der Waals surface area (Å²) in [6, 6.07) is 10.9. The number of nitrogens with zero attached hydrogens (tertiary/aromatic N) is 3. The van der Waals surface area contributed by atoms with Crippen LogP contribution in [0.3, 0.4) is 0 Å². The number of H-pyrrole nitrogens is 1. The van der Waals surface area contributed by atoms with Gasteiger partial charge in [-0.25, -0.2) is 4.98 Å². The van der Waals surface area contributed by atoms with Crippen LogP contribution in [-0.4, -0.2) is 53.1 Å². The standard InChI is InChI=1S/C20H23N5O4S/c1-27-12-13-29-19-16(4-3-10-21-19)22-17(26)9-11-25-18(23-24-20(25)30)14-5-7-15(28-2)8-6-14/h3-8,10H,9,11-13H2,1-2H3,(H,22,26)(H,24,30). The van der Waals surface area contributed by atoms with Crippen molar-refractivity contribution in [3.8, 4) is 23.0 Å². The number of rotatable bonds is 10. The fourth-order valence-electron chi connectivity index (χ4n) is 2.73. The van der Waals surface area contributed by atoms with E-state index in [2.05, 4.69) is 20.5 Å². The Balaban J connectivity index is 1.66. The first-order valence-electron chi connectivity index (χ1n) is 9.28. The molecule has 2 aromatic heterocycles. The van der Waals surface area contributed by atoms with Crippen molar-refractivity contribution >= 4 is 23.8 Å². The molecule has 1 aromatic carbocycles. The highest BCUT2D eigenvalue weighted by Crippen LogP contribution is 2.22. The van der Waals surface area contributed by atoms with Crippen molar-refractivity contribution in [1.82, 2.24) is 19.7 Å². The molecule has 2 N–H and O–H groups in total. The Bertz CT molecular complexity index is 1030. The predicted octanol–water partition coefficient (Wildman–Crippen LogP) is 3.07. The maximum absolute atomic E-state index is 12.5. The smallest absolute Gasteiger partial charge is 0.237 e. The molecule has 3 rings (SSSR count). The normalized spacial score (nSPS) is 10.6. The average molecular weight is 430 g/mol. The van der Waals surface area contributed by atoms with Crippen LogP contribution in [0.4, 0.5) is 5.69 Å². The molecule has 0 unspecified atom stereocenters. The van der Waals surface area contributed by atoms with E-state index in [0.717, 1.165) is 11.3 Å². The van der Waals surface area contributed by atoms with Gasteiger partial charge in [-0.05, 0) is 48.6 Å². The molecule has 0 aliphatic carbocycles. The van der Waals surface area contributed by atoms with Crippen LogP contribution in [0.2, 0.25) is 0 Å². The average Bonchev–Trinajstić information content (AvgIpc) is 3.14. The monoisotopic (exact) mass is 429 g/mol. The van der Waals surface area contributed by atoms with Gasteiger partial charge in [0.25, 0.3) is 0 Å². The highest BCUT2D eigenvalue weighted by Gasteiger charge is 2.13. The molecule has 0 bridgehead atoms. The number of methoxy groups -OCH3 is 2. The van der Waals surface area contributed by atoms with Crippen LogP contribution >= 0.6 is 12.2 Å². The van der Waals surface area contributed by atoms with E-state index in [1.807, 2.05) is 24.3 Å². The number of carbonyl (C=O) groups excluding carboxylic acids is 1. The number of anilines is 1. The Morgan fingerprint density at radius 1 is 1.20 bits per heavy atom. The summed E-state index contributed by atoms with van der Waals surface area (Å²) < 4.78 is 17.9. The number of amides is 1. The number of hydrogen-bond acceptors (Lipinski definition) is 7. The second-order valence-electron chi connectivity index (χ2n) is 6.23. The molecule has 0 saturated heterocycles. The SMILES string of the molecule is COCCOc1ncccc1NC(=O)CCn1c(-c2ccc(OC)cc2)n[nH]c1=S. The number of benzene rings is 1. The molecule has 0 saturated carbocycles. The predicted molar refractivity (Wildman–Crippen MR) is 114 cm³/mol. The lowest BCUT2D eigenvalue weighted by atomic mass is 10.2. The zero-order valence-corrected chi connectivity index (χ0v) is 17.6. The van der Waals surface area contributed by atoms with Gasteiger partial charge >= 0.3 is 0 Å². The first-order valence-corrected chi connectivity index (χ1v) is 9.69. The summed E-state index contributed by atoms with van der Waals surface area (Å²) in [7, 11) is 3.20. The van der Waals surface area contributed by atoms with Gasteiger partial charge in [-0.2, -0.15) is 5.10 Å². The van der Waals surface area contributed by atoms with Gasteiger partial charge < -0.3 is 19.5 Å². The lowest BCUT2D eigenvalue weighted by Gasteiger charge is -2.11.